The Morgan fingerprint density at radius 1 is 1.67 bits per heavy atom. The fourth-order valence-electron chi connectivity index (χ4n) is 0.916. The topological polar surface area (TPSA) is 118 Å². The number of nitrogens with one attached hydrogen (secondary N) is 2. The standard InChI is InChI=1S/C7H12N4O3S/c1-15(13,14)3-2-9-7(12)6-5(8)4-10-11-6/h4H,2-3,8H2,1H3,(H,9,12)(H,10,11). The molecule has 1 aromatic rings. The second-order valence-electron chi connectivity index (χ2n) is 3.09. The fraction of sp³-hybridized carbons (Fsp3) is 0.429. The van der Waals surface area contributed by atoms with Crippen LogP contribution in [0.1, 0.15) is 10.5 Å². The van der Waals surface area contributed by atoms with E-state index in [0.717, 1.165) is 6.26 Å². The number of nitrogen functional groups attached to an aromatic ring is 1. The van der Waals surface area contributed by atoms with E-state index in [9.17, 15) is 13.2 Å². The molecule has 4 N–H and O–H groups in total. The Morgan fingerprint density at radius 2 is 2.33 bits per heavy atom. The summed E-state index contributed by atoms with van der Waals surface area (Å²) in [5.74, 6) is -0.569. The predicted octanol–water partition coefficient (Wildman–Crippen LogP) is -1.23. The van der Waals surface area contributed by atoms with Gasteiger partial charge in [-0.05, 0) is 0 Å². The van der Waals surface area contributed by atoms with Crippen molar-refractivity contribution in [3.8, 4) is 0 Å². The van der Waals surface area contributed by atoms with E-state index in [-0.39, 0.29) is 23.7 Å². The van der Waals surface area contributed by atoms with Gasteiger partial charge in [0.15, 0.2) is 0 Å². The Kier molecular flexibility index (Phi) is 3.30. The van der Waals surface area contributed by atoms with Crippen LogP contribution in [-0.2, 0) is 9.84 Å². The Hall–Kier alpha value is -1.57. The minimum absolute atomic E-state index is 0.0517. The van der Waals surface area contributed by atoms with Crippen molar-refractivity contribution in [3.63, 3.8) is 0 Å². The molecule has 0 aliphatic carbocycles. The van der Waals surface area contributed by atoms with Crippen molar-refractivity contribution in [2.75, 3.05) is 24.3 Å². The van der Waals surface area contributed by atoms with Crippen LogP contribution < -0.4 is 11.1 Å². The number of rotatable bonds is 4. The molecule has 0 aliphatic rings. The van der Waals surface area contributed by atoms with Gasteiger partial charge in [-0.25, -0.2) is 8.42 Å². The highest BCUT2D eigenvalue weighted by molar-refractivity contribution is 7.90. The maximum atomic E-state index is 11.4. The molecule has 0 aliphatic heterocycles. The first kappa shape index (κ1) is 11.5. The summed E-state index contributed by atoms with van der Waals surface area (Å²) in [6.07, 6.45) is 2.41. The van der Waals surface area contributed by atoms with Crippen molar-refractivity contribution in [2.24, 2.45) is 0 Å². The highest BCUT2D eigenvalue weighted by Crippen LogP contribution is 2.04. The third-order valence-electron chi connectivity index (χ3n) is 1.65. The van der Waals surface area contributed by atoms with E-state index in [1.165, 1.54) is 6.20 Å². The molecule has 0 spiro atoms. The molecule has 7 nitrogen and oxygen atoms in total. The minimum atomic E-state index is -3.07. The molecule has 15 heavy (non-hydrogen) atoms. The molecule has 1 amide bonds. The van der Waals surface area contributed by atoms with Crippen LogP contribution in [0.4, 0.5) is 5.69 Å². The van der Waals surface area contributed by atoms with Crippen LogP contribution >= 0.6 is 0 Å². The zero-order valence-electron chi connectivity index (χ0n) is 8.15. The number of carbonyl (C=O) groups excluding carboxylic acids is 1. The third-order valence-corrected chi connectivity index (χ3v) is 2.60. The van der Waals surface area contributed by atoms with Crippen molar-refractivity contribution < 1.29 is 13.2 Å². The number of aromatic amines is 1. The third kappa shape index (κ3) is 3.58. The molecule has 0 saturated heterocycles. The number of sulfone groups is 1. The van der Waals surface area contributed by atoms with Crippen LogP contribution in [0.25, 0.3) is 0 Å². The number of carbonyl (C=O) groups is 1. The van der Waals surface area contributed by atoms with Gasteiger partial charge in [-0.2, -0.15) is 5.10 Å². The van der Waals surface area contributed by atoms with E-state index in [0.29, 0.717) is 0 Å². The summed E-state index contributed by atoms with van der Waals surface area (Å²) in [6.45, 7) is 0.0517. The second kappa shape index (κ2) is 4.30. The lowest BCUT2D eigenvalue weighted by molar-refractivity contribution is 0.0952. The van der Waals surface area contributed by atoms with Crippen molar-refractivity contribution in [3.05, 3.63) is 11.9 Å². The average Bonchev–Trinajstić information content (AvgIpc) is 2.48. The average molecular weight is 232 g/mol. The van der Waals surface area contributed by atoms with Crippen LogP contribution in [0.15, 0.2) is 6.20 Å². The Balaban J connectivity index is 2.48. The molecule has 0 saturated carbocycles. The van der Waals surface area contributed by atoms with Crippen molar-refractivity contribution in [2.45, 2.75) is 0 Å². The Morgan fingerprint density at radius 3 is 2.80 bits per heavy atom. The largest absolute Gasteiger partial charge is 0.396 e. The Labute approximate surface area is 87.0 Å². The molecule has 0 aromatic carbocycles. The van der Waals surface area contributed by atoms with Gasteiger partial charge in [0, 0.05) is 12.8 Å². The van der Waals surface area contributed by atoms with Gasteiger partial charge in [-0.1, -0.05) is 0 Å². The van der Waals surface area contributed by atoms with Crippen LogP contribution in [0.5, 0.6) is 0 Å². The van der Waals surface area contributed by atoms with E-state index in [2.05, 4.69) is 15.5 Å². The zero-order chi connectivity index (χ0) is 11.5. The number of hydrogen-bond donors (Lipinski definition) is 3. The van der Waals surface area contributed by atoms with E-state index < -0.39 is 15.7 Å². The number of amides is 1. The van der Waals surface area contributed by atoms with Crippen LogP contribution in [0, 0.1) is 0 Å². The molecule has 8 heteroatoms. The highest BCUT2D eigenvalue weighted by Gasteiger charge is 2.11. The monoisotopic (exact) mass is 232 g/mol. The lowest BCUT2D eigenvalue weighted by atomic mass is 10.3. The summed E-state index contributed by atoms with van der Waals surface area (Å²) in [7, 11) is -3.07. The lowest BCUT2D eigenvalue weighted by Gasteiger charge is -2.02. The van der Waals surface area contributed by atoms with Gasteiger partial charge in [0.05, 0.1) is 17.6 Å². The number of anilines is 1. The molecule has 1 aromatic heterocycles. The van der Waals surface area contributed by atoms with Gasteiger partial charge in [-0.3, -0.25) is 9.89 Å². The van der Waals surface area contributed by atoms with Gasteiger partial charge in [0.25, 0.3) is 5.91 Å². The van der Waals surface area contributed by atoms with Crippen LogP contribution in [-0.4, -0.2) is 43.1 Å². The number of nitrogens with two attached hydrogens (primary N) is 1. The van der Waals surface area contributed by atoms with Crippen LogP contribution in [0.2, 0.25) is 0 Å². The molecule has 0 radical (unpaired) electrons. The Bertz CT molecular complexity index is 451. The summed E-state index contributed by atoms with van der Waals surface area (Å²) in [4.78, 5) is 11.4. The summed E-state index contributed by atoms with van der Waals surface area (Å²) < 4.78 is 21.5. The first-order valence-electron chi connectivity index (χ1n) is 4.15. The summed E-state index contributed by atoms with van der Waals surface area (Å²) in [6, 6.07) is 0. The molecular weight excluding hydrogens is 220 g/mol. The summed E-state index contributed by atoms with van der Waals surface area (Å²) in [5.41, 5.74) is 5.80. The first-order chi connectivity index (χ1) is 6.90. The minimum Gasteiger partial charge on any atom is -0.396 e. The van der Waals surface area contributed by atoms with Gasteiger partial charge in [0.2, 0.25) is 0 Å². The van der Waals surface area contributed by atoms with E-state index in [1.54, 1.807) is 0 Å². The lowest BCUT2D eigenvalue weighted by Crippen LogP contribution is -2.29. The van der Waals surface area contributed by atoms with Gasteiger partial charge in [0.1, 0.15) is 15.5 Å². The second-order valence-corrected chi connectivity index (χ2v) is 5.35. The van der Waals surface area contributed by atoms with Crippen LogP contribution in [0.3, 0.4) is 0 Å². The first-order valence-corrected chi connectivity index (χ1v) is 6.21. The number of nitrogens with zero attached hydrogens (tertiary/aromatic N) is 1. The van der Waals surface area contributed by atoms with Crippen molar-refractivity contribution in [1.29, 1.82) is 0 Å². The predicted molar refractivity (Wildman–Crippen MR) is 55.0 cm³/mol. The fourth-order valence-corrected chi connectivity index (χ4v) is 1.39. The number of hydrogen-bond acceptors (Lipinski definition) is 5. The van der Waals surface area contributed by atoms with Gasteiger partial charge < -0.3 is 11.1 Å². The molecular formula is C7H12N4O3S. The SMILES string of the molecule is CS(=O)(=O)CCNC(=O)c1[nH]ncc1N. The smallest absolute Gasteiger partial charge is 0.271 e. The quantitative estimate of drug-likeness (QED) is 0.600. The zero-order valence-corrected chi connectivity index (χ0v) is 8.97. The highest BCUT2D eigenvalue weighted by atomic mass is 32.2. The summed E-state index contributed by atoms with van der Waals surface area (Å²) >= 11 is 0. The van der Waals surface area contributed by atoms with Crippen molar-refractivity contribution in [1.82, 2.24) is 15.5 Å². The van der Waals surface area contributed by atoms with E-state index in [1.807, 2.05) is 0 Å². The molecule has 0 fully saturated rings. The molecule has 0 unspecified atom stereocenters. The molecule has 1 heterocycles. The number of aromatic nitrogens is 2. The van der Waals surface area contributed by atoms with E-state index in [4.69, 9.17) is 5.73 Å². The van der Waals surface area contributed by atoms with Crippen molar-refractivity contribution >= 4 is 21.4 Å². The molecule has 1 rings (SSSR count). The normalized spacial score (nSPS) is 11.3. The maximum absolute atomic E-state index is 11.4. The maximum Gasteiger partial charge on any atom is 0.271 e. The van der Waals surface area contributed by atoms with Gasteiger partial charge >= 0.3 is 0 Å². The van der Waals surface area contributed by atoms with Gasteiger partial charge in [-0.15, -0.1) is 0 Å². The molecule has 84 valence electrons. The van der Waals surface area contributed by atoms with E-state index >= 15 is 0 Å². The summed E-state index contributed by atoms with van der Waals surface area (Å²) in [5, 5.41) is 8.40. The molecule has 0 bridgehead atoms. The molecule has 0 atom stereocenters. The number of H-pyrrole nitrogens is 1.